The molecular formula is C21H24N2O2. The van der Waals surface area contributed by atoms with E-state index < -0.39 is 0 Å². The number of aliphatic imine (C=N–C) groups is 1. The van der Waals surface area contributed by atoms with Gasteiger partial charge in [-0.25, -0.2) is 0 Å². The molecule has 2 aromatic carbocycles. The normalized spacial score (nSPS) is 20.1. The van der Waals surface area contributed by atoms with Crippen molar-refractivity contribution in [1.29, 1.82) is 0 Å². The highest BCUT2D eigenvalue weighted by atomic mass is 16.5. The summed E-state index contributed by atoms with van der Waals surface area (Å²) >= 11 is 0. The average Bonchev–Trinajstić information content (AvgIpc) is 2.67. The fourth-order valence-electron chi connectivity index (χ4n) is 3.89. The number of fused-ring (bicyclic) bond motifs is 1. The van der Waals surface area contributed by atoms with Gasteiger partial charge in [-0.1, -0.05) is 36.4 Å². The molecule has 1 fully saturated rings. The molecule has 25 heavy (non-hydrogen) atoms. The molecule has 0 radical (unpaired) electrons. The largest absolute Gasteiger partial charge is 0.496 e. The van der Waals surface area contributed by atoms with Crippen LogP contribution in [-0.2, 0) is 17.7 Å². The number of nitrogens with zero attached hydrogens (tertiary/aromatic N) is 1. The van der Waals surface area contributed by atoms with E-state index in [-0.39, 0.29) is 5.41 Å². The molecule has 0 aromatic heterocycles. The Morgan fingerprint density at radius 1 is 1.08 bits per heavy atom. The maximum absolute atomic E-state index is 5.63. The van der Waals surface area contributed by atoms with Crippen molar-refractivity contribution in [2.24, 2.45) is 10.4 Å². The first-order valence-electron chi connectivity index (χ1n) is 8.90. The van der Waals surface area contributed by atoms with Gasteiger partial charge in [-0.05, 0) is 37.0 Å². The van der Waals surface area contributed by atoms with E-state index in [2.05, 4.69) is 35.6 Å². The van der Waals surface area contributed by atoms with Crippen LogP contribution in [0.1, 0.15) is 24.0 Å². The lowest BCUT2D eigenvalue weighted by Crippen LogP contribution is -2.45. The van der Waals surface area contributed by atoms with Gasteiger partial charge in [-0.15, -0.1) is 0 Å². The van der Waals surface area contributed by atoms with Crippen LogP contribution in [0.4, 0.5) is 5.69 Å². The van der Waals surface area contributed by atoms with Crippen LogP contribution in [0, 0.1) is 5.41 Å². The van der Waals surface area contributed by atoms with Gasteiger partial charge in [-0.3, -0.25) is 4.99 Å². The zero-order valence-corrected chi connectivity index (χ0v) is 14.6. The highest BCUT2D eigenvalue weighted by Gasteiger charge is 2.41. The van der Waals surface area contributed by atoms with Crippen LogP contribution in [0.2, 0.25) is 0 Å². The molecule has 1 N–H and O–H groups in total. The highest BCUT2D eigenvalue weighted by Crippen LogP contribution is 2.41. The van der Waals surface area contributed by atoms with Gasteiger partial charge in [0.05, 0.1) is 13.7 Å². The standard InChI is InChI=1S/C21H24N2O2/c1-24-19-9-5-3-7-17(19)15-22-20-21(10-12-25-13-11-21)14-16-6-2-4-8-18(16)23-20/h2-9H,10-15H2,1H3,(H,22,23). The maximum Gasteiger partial charge on any atom is 0.123 e. The lowest BCUT2D eigenvalue weighted by molar-refractivity contribution is 0.0448. The lowest BCUT2D eigenvalue weighted by Gasteiger charge is -2.42. The number of hydrogen-bond acceptors (Lipinski definition) is 3. The minimum atomic E-state index is 0.0641. The third kappa shape index (κ3) is 3.14. The van der Waals surface area contributed by atoms with Crippen molar-refractivity contribution in [3.8, 4) is 5.75 Å². The number of anilines is 1. The number of ether oxygens (including phenoxy) is 2. The van der Waals surface area contributed by atoms with E-state index in [1.807, 2.05) is 18.2 Å². The molecule has 4 heteroatoms. The predicted molar refractivity (Wildman–Crippen MR) is 100 cm³/mol. The van der Waals surface area contributed by atoms with E-state index in [1.165, 1.54) is 11.3 Å². The molecule has 2 aromatic rings. The van der Waals surface area contributed by atoms with E-state index in [4.69, 9.17) is 14.5 Å². The third-order valence-corrected chi connectivity index (χ3v) is 5.35. The summed E-state index contributed by atoms with van der Waals surface area (Å²) in [7, 11) is 1.71. The van der Waals surface area contributed by atoms with E-state index in [0.717, 1.165) is 49.6 Å². The van der Waals surface area contributed by atoms with Gasteiger partial charge in [0.15, 0.2) is 0 Å². The summed E-state index contributed by atoms with van der Waals surface area (Å²) in [4.78, 5) is 5.01. The van der Waals surface area contributed by atoms with Crippen LogP contribution in [0.15, 0.2) is 53.5 Å². The van der Waals surface area contributed by atoms with Gasteiger partial charge in [0.1, 0.15) is 11.6 Å². The van der Waals surface area contributed by atoms with E-state index in [1.54, 1.807) is 7.11 Å². The molecule has 1 spiro atoms. The molecule has 0 bridgehead atoms. The number of methoxy groups -OCH3 is 1. The Labute approximate surface area is 148 Å². The molecule has 0 aliphatic carbocycles. The molecular weight excluding hydrogens is 312 g/mol. The molecule has 0 saturated carbocycles. The van der Waals surface area contributed by atoms with Crippen LogP contribution < -0.4 is 10.1 Å². The molecule has 4 rings (SSSR count). The molecule has 1 saturated heterocycles. The van der Waals surface area contributed by atoms with Gasteiger partial charge in [0.2, 0.25) is 0 Å². The Bertz CT molecular complexity index is 779. The summed E-state index contributed by atoms with van der Waals surface area (Å²) in [5, 5.41) is 3.62. The number of nitrogens with one attached hydrogen (secondary N) is 1. The quantitative estimate of drug-likeness (QED) is 0.919. The SMILES string of the molecule is COc1ccccc1CN=C1Nc2ccccc2CC12CCOCC2. The Morgan fingerprint density at radius 3 is 2.68 bits per heavy atom. The minimum Gasteiger partial charge on any atom is -0.496 e. The van der Waals surface area contributed by atoms with Crippen LogP contribution in [0.5, 0.6) is 5.75 Å². The topological polar surface area (TPSA) is 42.8 Å². The second-order valence-corrected chi connectivity index (χ2v) is 6.83. The number of rotatable bonds is 3. The third-order valence-electron chi connectivity index (χ3n) is 5.35. The molecule has 130 valence electrons. The van der Waals surface area contributed by atoms with Crippen molar-refractivity contribution < 1.29 is 9.47 Å². The second-order valence-electron chi connectivity index (χ2n) is 6.83. The smallest absolute Gasteiger partial charge is 0.123 e. The maximum atomic E-state index is 5.63. The summed E-state index contributed by atoms with van der Waals surface area (Å²) < 4.78 is 11.1. The van der Waals surface area contributed by atoms with Gasteiger partial charge in [0, 0.05) is 29.9 Å². The number of amidine groups is 1. The molecule has 0 unspecified atom stereocenters. The van der Waals surface area contributed by atoms with Gasteiger partial charge >= 0.3 is 0 Å². The lowest BCUT2D eigenvalue weighted by atomic mass is 9.71. The van der Waals surface area contributed by atoms with Crippen LogP contribution in [0.3, 0.4) is 0 Å². The van der Waals surface area contributed by atoms with Crippen LogP contribution >= 0.6 is 0 Å². The highest BCUT2D eigenvalue weighted by molar-refractivity contribution is 6.02. The van der Waals surface area contributed by atoms with Crippen molar-refractivity contribution in [1.82, 2.24) is 0 Å². The molecule has 4 nitrogen and oxygen atoms in total. The number of para-hydroxylation sites is 2. The van der Waals surface area contributed by atoms with Crippen molar-refractivity contribution in [2.75, 3.05) is 25.6 Å². The van der Waals surface area contributed by atoms with Crippen molar-refractivity contribution in [3.63, 3.8) is 0 Å². The summed E-state index contributed by atoms with van der Waals surface area (Å²) in [6.07, 6.45) is 3.06. The van der Waals surface area contributed by atoms with Crippen LogP contribution in [-0.4, -0.2) is 26.2 Å². The monoisotopic (exact) mass is 336 g/mol. The van der Waals surface area contributed by atoms with Gasteiger partial charge in [0.25, 0.3) is 0 Å². The molecule has 2 aliphatic rings. The summed E-state index contributed by atoms with van der Waals surface area (Å²) in [6, 6.07) is 16.6. The average molecular weight is 336 g/mol. The first-order chi connectivity index (χ1) is 12.3. The van der Waals surface area contributed by atoms with Gasteiger partial charge < -0.3 is 14.8 Å². The van der Waals surface area contributed by atoms with Crippen molar-refractivity contribution in [3.05, 3.63) is 59.7 Å². The zero-order chi connectivity index (χ0) is 17.1. The van der Waals surface area contributed by atoms with E-state index in [9.17, 15) is 0 Å². The summed E-state index contributed by atoms with van der Waals surface area (Å²) in [5.41, 5.74) is 3.73. The van der Waals surface area contributed by atoms with Gasteiger partial charge in [-0.2, -0.15) is 0 Å². The number of benzene rings is 2. The number of hydrogen-bond donors (Lipinski definition) is 1. The Kier molecular flexibility index (Phi) is 4.45. The Balaban J connectivity index is 1.67. The molecule has 0 atom stereocenters. The predicted octanol–water partition coefficient (Wildman–Crippen LogP) is 4.06. The molecule has 0 amide bonds. The Hall–Kier alpha value is -2.33. The fraction of sp³-hybridized carbons (Fsp3) is 0.381. The minimum absolute atomic E-state index is 0.0641. The second kappa shape index (κ2) is 6.89. The first kappa shape index (κ1) is 16.2. The fourth-order valence-corrected chi connectivity index (χ4v) is 3.89. The summed E-state index contributed by atoms with van der Waals surface area (Å²) in [6.45, 7) is 2.23. The van der Waals surface area contributed by atoms with Crippen molar-refractivity contribution >= 4 is 11.5 Å². The molecule has 2 heterocycles. The molecule has 2 aliphatic heterocycles. The zero-order valence-electron chi connectivity index (χ0n) is 14.6. The van der Waals surface area contributed by atoms with Crippen LogP contribution in [0.25, 0.3) is 0 Å². The first-order valence-corrected chi connectivity index (χ1v) is 8.90. The Morgan fingerprint density at radius 2 is 1.84 bits per heavy atom. The van der Waals surface area contributed by atoms with E-state index >= 15 is 0 Å². The van der Waals surface area contributed by atoms with E-state index in [0.29, 0.717) is 6.54 Å². The summed E-state index contributed by atoms with van der Waals surface area (Å²) in [5.74, 6) is 1.99. The van der Waals surface area contributed by atoms with Crippen molar-refractivity contribution in [2.45, 2.75) is 25.8 Å².